The molecule has 4 heteroatoms. The SMILES string of the molecule is C/C=C(/C)C(=O)NC[C@@H]1C[C@@H](O)CN1. The van der Waals surface area contributed by atoms with E-state index >= 15 is 0 Å². The molecule has 1 amide bonds. The minimum absolute atomic E-state index is 0.0318. The van der Waals surface area contributed by atoms with Crippen LogP contribution in [-0.4, -0.2) is 36.2 Å². The molecule has 0 unspecified atom stereocenters. The molecule has 0 aromatic rings. The summed E-state index contributed by atoms with van der Waals surface area (Å²) in [5.41, 5.74) is 0.726. The first-order valence-electron chi connectivity index (χ1n) is 4.96. The Morgan fingerprint density at radius 3 is 2.93 bits per heavy atom. The fourth-order valence-corrected chi connectivity index (χ4v) is 1.44. The Hall–Kier alpha value is -0.870. The molecule has 4 nitrogen and oxygen atoms in total. The van der Waals surface area contributed by atoms with E-state index < -0.39 is 0 Å². The summed E-state index contributed by atoms with van der Waals surface area (Å²) >= 11 is 0. The number of aliphatic hydroxyl groups is 1. The molecule has 0 aromatic heterocycles. The van der Waals surface area contributed by atoms with E-state index in [1.54, 1.807) is 13.0 Å². The van der Waals surface area contributed by atoms with Crippen molar-refractivity contribution in [1.29, 1.82) is 0 Å². The smallest absolute Gasteiger partial charge is 0.246 e. The molecule has 1 fully saturated rings. The zero-order valence-electron chi connectivity index (χ0n) is 8.71. The summed E-state index contributed by atoms with van der Waals surface area (Å²) in [6, 6.07) is 0.207. The van der Waals surface area contributed by atoms with Crippen molar-refractivity contribution in [3.05, 3.63) is 11.6 Å². The van der Waals surface area contributed by atoms with E-state index in [0.29, 0.717) is 13.1 Å². The maximum atomic E-state index is 11.3. The number of hydrogen-bond acceptors (Lipinski definition) is 3. The van der Waals surface area contributed by atoms with E-state index in [0.717, 1.165) is 12.0 Å². The van der Waals surface area contributed by atoms with Crippen molar-refractivity contribution in [2.45, 2.75) is 32.4 Å². The summed E-state index contributed by atoms with van der Waals surface area (Å²) in [5.74, 6) is -0.0318. The summed E-state index contributed by atoms with van der Waals surface area (Å²) in [6.45, 7) is 4.84. The molecule has 0 radical (unpaired) electrons. The van der Waals surface area contributed by atoms with Gasteiger partial charge in [0.2, 0.25) is 5.91 Å². The van der Waals surface area contributed by atoms with Gasteiger partial charge in [-0.05, 0) is 20.3 Å². The zero-order valence-corrected chi connectivity index (χ0v) is 8.71. The van der Waals surface area contributed by atoms with Gasteiger partial charge in [0, 0.05) is 24.7 Å². The number of hydrogen-bond donors (Lipinski definition) is 3. The van der Waals surface area contributed by atoms with Gasteiger partial charge in [-0.15, -0.1) is 0 Å². The molecule has 14 heavy (non-hydrogen) atoms. The minimum atomic E-state index is -0.264. The third-order valence-corrected chi connectivity index (χ3v) is 2.50. The van der Waals surface area contributed by atoms with Gasteiger partial charge in [0.15, 0.2) is 0 Å². The number of nitrogens with one attached hydrogen (secondary N) is 2. The van der Waals surface area contributed by atoms with E-state index in [1.807, 2.05) is 6.92 Å². The Labute approximate surface area is 84.4 Å². The fraction of sp³-hybridized carbons (Fsp3) is 0.700. The van der Waals surface area contributed by atoms with Crippen molar-refractivity contribution < 1.29 is 9.90 Å². The third kappa shape index (κ3) is 3.12. The summed E-state index contributed by atoms with van der Waals surface area (Å²) in [7, 11) is 0. The highest BCUT2D eigenvalue weighted by molar-refractivity contribution is 5.92. The second-order valence-corrected chi connectivity index (χ2v) is 3.68. The van der Waals surface area contributed by atoms with E-state index in [1.165, 1.54) is 0 Å². The predicted octanol–water partition coefficient (Wildman–Crippen LogP) is -0.208. The largest absolute Gasteiger partial charge is 0.392 e. The Kier molecular flexibility index (Phi) is 4.10. The molecule has 0 spiro atoms. The van der Waals surface area contributed by atoms with Gasteiger partial charge in [0.05, 0.1) is 6.10 Å². The lowest BCUT2D eigenvalue weighted by molar-refractivity contribution is -0.117. The first-order valence-corrected chi connectivity index (χ1v) is 4.96. The molecule has 1 aliphatic heterocycles. The van der Waals surface area contributed by atoms with Gasteiger partial charge in [-0.25, -0.2) is 0 Å². The molecule has 1 saturated heterocycles. The summed E-state index contributed by atoms with van der Waals surface area (Å²) in [4.78, 5) is 11.3. The van der Waals surface area contributed by atoms with Crippen LogP contribution < -0.4 is 10.6 Å². The van der Waals surface area contributed by atoms with E-state index in [4.69, 9.17) is 0 Å². The molecular formula is C10H18N2O2. The van der Waals surface area contributed by atoms with Gasteiger partial charge in [0.1, 0.15) is 0 Å². The van der Waals surface area contributed by atoms with E-state index in [9.17, 15) is 9.90 Å². The van der Waals surface area contributed by atoms with Crippen molar-refractivity contribution in [1.82, 2.24) is 10.6 Å². The minimum Gasteiger partial charge on any atom is -0.392 e. The summed E-state index contributed by atoms with van der Waals surface area (Å²) in [6.07, 6.45) is 2.24. The number of aliphatic hydroxyl groups excluding tert-OH is 1. The number of β-amino-alcohol motifs (C(OH)–C–C–N with tert-alkyl or cyclic N) is 1. The lowest BCUT2D eigenvalue weighted by Gasteiger charge is -2.11. The molecule has 0 bridgehead atoms. The Balaban J connectivity index is 2.24. The van der Waals surface area contributed by atoms with Gasteiger partial charge < -0.3 is 15.7 Å². The van der Waals surface area contributed by atoms with Crippen molar-refractivity contribution in [2.24, 2.45) is 0 Å². The Morgan fingerprint density at radius 2 is 2.43 bits per heavy atom. The monoisotopic (exact) mass is 198 g/mol. The molecule has 1 rings (SSSR count). The quantitative estimate of drug-likeness (QED) is 0.550. The number of allylic oxidation sites excluding steroid dienone is 1. The van der Waals surface area contributed by atoms with Crippen molar-refractivity contribution >= 4 is 5.91 Å². The number of rotatable bonds is 3. The van der Waals surface area contributed by atoms with Gasteiger partial charge in [-0.1, -0.05) is 6.08 Å². The van der Waals surface area contributed by atoms with Crippen molar-refractivity contribution in [3.63, 3.8) is 0 Å². The molecule has 2 atom stereocenters. The second kappa shape index (κ2) is 5.12. The second-order valence-electron chi connectivity index (χ2n) is 3.68. The lowest BCUT2D eigenvalue weighted by atomic mass is 10.2. The van der Waals surface area contributed by atoms with E-state index in [-0.39, 0.29) is 18.1 Å². The van der Waals surface area contributed by atoms with Crippen LogP contribution in [0.25, 0.3) is 0 Å². The van der Waals surface area contributed by atoms with Gasteiger partial charge >= 0.3 is 0 Å². The van der Waals surface area contributed by atoms with Crippen molar-refractivity contribution in [2.75, 3.05) is 13.1 Å². The molecule has 80 valence electrons. The molecule has 0 saturated carbocycles. The van der Waals surface area contributed by atoms with E-state index in [2.05, 4.69) is 10.6 Å². The van der Waals surface area contributed by atoms with Crippen LogP contribution in [0.4, 0.5) is 0 Å². The molecule has 0 aliphatic carbocycles. The maximum Gasteiger partial charge on any atom is 0.246 e. The summed E-state index contributed by atoms with van der Waals surface area (Å²) < 4.78 is 0. The number of carbonyl (C=O) groups is 1. The standard InChI is InChI=1S/C10H18N2O2/c1-3-7(2)10(14)12-5-8-4-9(13)6-11-8/h3,8-9,11,13H,4-6H2,1-2H3,(H,12,14)/b7-3-/t8-,9+/m0/s1. The first-order chi connectivity index (χ1) is 6.63. The molecular weight excluding hydrogens is 180 g/mol. The third-order valence-electron chi connectivity index (χ3n) is 2.50. The number of amides is 1. The highest BCUT2D eigenvalue weighted by Gasteiger charge is 2.21. The zero-order chi connectivity index (χ0) is 10.6. The van der Waals surface area contributed by atoms with Gasteiger partial charge in [-0.3, -0.25) is 4.79 Å². The van der Waals surface area contributed by atoms with Gasteiger partial charge in [0.25, 0.3) is 0 Å². The molecule has 1 aliphatic rings. The normalized spacial score (nSPS) is 27.8. The van der Waals surface area contributed by atoms with Crippen LogP contribution in [0.5, 0.6) is 0 Å². The van der Waals surface area contributed by atoms with Crippen LogP contribution in [-0.2, 0) is 4.79 Å². The Morgan fingerprint density at radius 1 is 1.71 bits per heavy atom. The van der Waals surface area contributed by atoms with Crippen LogP contribution in [0.15, 0.2) is 11.6 Å². The molecule has 1 heterocycles. The predicted molar refractivity (Wildman–Crippen MR) is 54.9 cm³/mol. The first kappa shape index (κ1) is 11.2. The van der Waals surface area contributed by atoms with Crippen LogP contribution >= 0.6 is 0 Å². The van der Waals surface area contributed by atoms with Crippen LogP contribution in [0.1, 0.15) is 20.3 Å². The van der Waals surface area contributed by atoms with Crippen LogP contribution in [0, 0.1) is 0 Å². The average molecular weight is 198 g/mol. The van der Waals surface area contributed by atoms with Gasteiger partial charge in [-0.2, -0.15) is 0 Å². The molecule has 3 N–H and O–H groups in total. The summed E-state index contributed by atoms with van der Waals surface area (Å²) in [5, 5.41) is 15.2. The lowest BCUT2D eigenvalue weighted by Crippen LogP contribution is -2.37. The fourth-order valence-electron chi connectivity index (χ4n) is 1.44. The molecule has 0 aromatic carbocycles. The average Bonchev–Trinajstić information content (AvgIpc) is 2.59. The highest BCUT2D eigenvalue weighted by Crippen LogP contribution is 2.05. The maximum absolute atomic E-state index is 11.3. The number of carbonyl (C=O) groups excluding carboxylic acids is 1. The van der Waals surface area contributed by atoms with Crippen LogP contribution in [0.3, 0.4) is 0 Å². The van der Waals surface area contributed by atoms with Crippen LogP contribution in [0.2, 0.25) is 0 Å². The Bertz CT molecular complexity index is 238. The highest BCUT2D eigenvalue weighted by atomic mass is 16.3. The van der Waals surface area contributed by atoms with Crippen molar-refractivity contribution in [3.8, 4) is 0 Å². The topological polar surface area (TPSA) is 61.4 Å².